The Morgan fingerprint density at radius 2 is 2.08 bits per heavy atom. The zero-order chi connectivity index (χ0) is 18.1. The molecule has 2 aliphatic carbocycles. The number of carbonyl (C=O) groups excluding carboxylic acids is 1. The van der Waals surface area contributed by atoms with Gasteiger partial charge < -0.3 is 5.32 Å². The number of fused-ring (bicyclic) bond motifs is 1. The van der Waals surface area contributed by atoms with Gasteiger partial charge in [0.2, 0.25) is 5.91 Å². The van der Waals surface area contributed by atoms with Crippen molar-refractivity contribution in [3.05, 3.63) is 17.5 Å². The number of amides is 1. The lowest BCUT2D eigenvalue weighted by molar-refractivity contribution is -0.142. The normalized spacial score (nSPS) is 22.7. The third-order valence-corrected chi connectivity index (χ3v) is 5.14. The molecule has 25 heavy (non-hydrogen) atoms. The first kappa shape index (κ1) is 17.8. The molecular formula is C17H21F3N4O. The fraction of sp³-hybridized carbons (Fsp3) is 0.706. The van der Waals surface area contributed by atoms with Gasteiger partial charge in [-0.25, -0.2) is 0 Å². The molecule has 1 atom stereocenters. The highest BCUT2D eigenvalue weighted by Crippen LogP contribution is 2.37. The van der Waals surface area contributed by atoms with Crippen molar-refractivity contribution in [1.82, 2.24) is 15.1 Å². The molecule has 1 aromatic heterocycles. The Morgan fingerprint density at radius 1 is 1.36 bits per heavy atom. The number of aryl methyl sites for hydroxylation is 1. The number of aromatic nitrogens is 2. The van der Waals surface area contributed by atoms with Crippen LogP contribution < -0.4 is 5.32 Å². The van der Waals surface area contributed by atoms with E-state index in [1.807, 2.05) is 0 Å². The Kier molecular flexibility index (Phi) is 4.76. The second-order valence-electron chi connectivity index (χ2n) is 7.03. The number of hydrogen-bond donors (Lipinski definition) is 1. The zero-order valence-electron chi connectivity index (χ0n) is 13.9. The van der Waals surface area contributed by atoms with Gasteiger partial charge in [0.15, 0.2) is 0 Å². The van der Waals surface area contributed by atoms with Crippen molar-refractivity contribution in [2.45, 2.75) is 70.1 Å². The molecule has 3 rings (SSSR count). The van der Waals surface area contributed by atoms with Gasteiger partial charge in [0.05, 0.1) is 17.8 Å². The van der Waals surface area contributed by atoms with Crippen LogP contribution in [0.4, 0.5) is 13.2 Å². The van der Waals surface area contributed by atoms with Gasteiger partial charge in [0, 0.05) is 6.20 Å². The molecule has 0 aliphatic heterocycles. The molecule has 0 spiro atoms. The summed E-state index contributed by atoms with van der Waals surface area (Å²) >= 11 is 0. The highest BCUT2D eigenvalue weighted by molar-refractivity contribution is 5.85. The summed E-state index contributed by atoms with van der Waals surface area (Å²) in [5.74, 6) is -0.307. The van der Waals surface area contributed by atoms with Crippen LogP contribution in [-0.2, 0) is 17.8 Å². The maximum absolute atomic E-state index is 12.7. The predicted molar refractivity (Wildman–Crippen MR) is 83.2 cm³/mol. The quantitative estimate of drug-likeness (QED) is 0.904. The van der Waals surface area contributed by atoms with E-state index in [0.29, 0.717) is 31.4 Å². The summed E-state index contributed by atoms with van der Waals surface area (Å²) in [6, 6.07) is 1.76. The van der Waals surface area contributed by atoms with Gasteiger partial charge in [-0.1, -0.05) is 19.3 Å². The molecule has 5 nitrogen and oxygen atoms in total. The van der Waals surface area contributed by atoms with E-state index in [-0.39, 0.29) is 5.91 Å². The number of carbonyl (C=O) groups is 1. The molecule has 2 aliphatic rings. The maximum atomic E-state index is 12.7. The zero-order valence-corrected chi connectivity index (χ0v) is 13.9. The lowest BCUT2D eigenvalue weighted by Crippen LogP contribution is -2.43. The number of nitrogens with zero attached hydrogens (tertiary/aromatic N) is 3. The molecule has 1 heterocycles. The van der Waals surface area contributed by atoms with Gasteiger partial charge in [-0.2, -0.15) is 23.5 Å². The van der Waals surface area contributed by atoms with Crippen LogP contribution in [0.2, 0.25) is 0 Å². The minimum Gasteiger partial charge on any atom is -0.346 e. The second-order valence-corrected chi connectivity index (χ2v) is 7.03. The Balaban J connectivity index is 1.77. The monoisotopic (exact) mass is 354 g/mol. The third kappa shape index (κ3) is 3.80. The molecule has 0 saturated heterocycles. The van der Waals surface area contributed by atoms with Crippen LogP contribution in [0, 0.1) is 16.7 Å². The van der Waals surface area contributed by atoms with Crippen LogP contribution in [0.25, 0.3) is 0 Å². The van der Waals surface area contributed by atoms with Crippen molar-refractivity contribution in [3.63, 3.8) is 0 Å². The number of halogens is 3. The van der Waals surface area contributed by atoms with Crippen molar-refractivity contribution in [3.8, 4) is 6.07 Å². The summed E-state index contributed by atoms with van der Waals surface area (Å²) in [6.07, 6.45) is 2.93. The smallest absolute Gasteiger partial charge is 0.346 e. The summed E-state index contributed by atoms with van der Waals surface area (Å²) in [7, 11) is 0. The van der Waals surface area contributed by atoms with E-state index in [2.05, 4.69) is 16.5 Å². The molecule has 8 heteroatoms. The summed E-state index contributed by atoms with van der Waals surface area (Å²) in [5, 5.41) is 16.5. The fourth-order valence-electron chi connectivity index (χ4n) is 3.84. The molecule has 1 amide bonds. The molecule has 0 aromatic carbocycles. The van der Waals surface area contributed by atoms with Crippen LogP contribution in [0.1, 0.15) is 62.2 Å². The van der Waals surface area contributed by atoms with Crippen molar-refractivity contribution in [1.29, 1.82) is 5.26 Å². The second kappa shape index (κ2) is 6.70. The first-order valence-electron chi connectivity index (χ1n) is 8.68. The number of alkyl halides is 3. The lowest BCUT2D eigenvalue weighted by Gasteiger charge is -2.32. The van der Waals surface area contributed by atoms with E-state index < -0.39 is 24.2 Å². The van der Waals surface area contributed by atoms with Crippen LogP contribution in [0.15, 0.2) is 6.20 Å². The highest BCUT2D eigenvalue weighted by atomic mass is 19.4. The van der Waals surface area contributed by atoms with E-state index in [1.54, 1.807) is 0 Å². The molecule has 0 unspecified atom stereocenters. The van der Waals surface area contributed by atoms with Gasteiger partial charge in [-0.15, -0.1) is 0 Å². The van der Waals surface area contributed by atoms with Gasteiger partial charge >= 0.3 is 6.18 Å². The van der Waals surface area contributed by atoms with E-state index in [9.17, 15) is 23.2 Å². The van der Waals surface area contributed by atoms with Crippen LogP contribution in [0.3, 0.4) is 0 Å². The van der Waals surface area contributed by atoms with E-state index in [1.165, 1.54) is 6.20 Å². The summed E-state index contributed by atoms with van der Waals surface area (Å²) in [6.45, 7) is -1.14. The van der Waals surface area contributed by atoms with Crippen LogP contribution in [-0.4, -0.2) is 21.9 Å². The van der Waals surface area contributed by atoms with Crippen LogP contribution in [0.5, 0.6) is 0 Å². The summed E-state index contributed by atoms with van der Waals surface area (Å²) in [5.41, 5.74) is 0.243. The number of nitriles is 1. The highest BCUT2D eigenvalue weighted by Gasteiger charge is 2.41. The molecule has 1 aromatic rings. The van der Waals surface area contributed by atoms with E-state index in [4.69, 9.17) is 0 Å². The molecule has 1 N–H and O–H groups in total. The number of rotatable bonds is 3. The SMILES string of the molecule is N#CC1(C(=O)N[C@@H]2CCCc3cn(CC(F)(F)F)nc32)CCCCC1. The Hall–Kier alpha value is -2.04. The van der Waals surface area contributed by atoms with Crippen molar-refractivity contribution in [2.24, 2.45) is 5.41 Å². The van der Waals surface area contributed by atoms with Crippen LogP contribution >= 0.6 is 0 Å². The fourth-order valence-corrected chi connectivity index (χ4v) is 3.84. The van der Waals surface area contributed by atoms with Gasteiger partial charge in [-0.05, 0) is 37.7 Å². The number of hydrogen-bond acceptors (Lipinski definition) is 3. The largest absolute Gasteiger partial charge is 0.408 e. The average molecular weight is 354 g/mol. The predicted octanol–water partition coefficient (Wildman–Crippen LogP) is 3.41. The van der Waals surface area contributed by atoms with Crippen molar-refractivity contribution >= 4 is 5.91 Å². The summed E-state index contributed by atoms with van der Waals surface area (Å²) in [4.78, 5) is 12.7. The van der Waals surface area contributed by atoms with E-state index >= 15 is 0 Å². The minimum atomic E-state index is -4.33. The molecular weight excluding hydrogens is 333 g/mol. The number of nitrogens with one attached hydrogen (secondary N) is 1. The Morgan fingerprint density at radius 3 is 2.72 bits per heavy atom. The molecule has 1 fully saturated rings. The third-order valence-electron chi connectivity index (χ3n) is 5.14. The molecule has 0 radical (unpaired) electrons. The van der Waals surface area contributed by atoms with Crippen molar-refractivity contribution < 1.29 is 18.0 Å². The average Bonchev–Trinajstić information content (AvgIpc) is 2.96. The molecule has 136 valence electrons. The first-order valence-corrected chi connectivity index (χ1v) is 8.68. The maximum Gasteiger partial charge on any atom is 0.408 e. The standard InChI is InChI=1S/C17H21F3N4O/c18-17(19,20)11-24-9-12-5-4-6-13(14(12)23-24)22-15(25)16(10-21)7-2-1-3-8-16/h9,13H,1-8,11H2,(H,22,25)/t13-/m1/s1. The van der Waals surface area contributed by atoms with Gasteiger partial charge in [0.1, 0.15) is 12.0 Å². The Bertz CT molecular complexity index is 683. The Labute approximate surface area is 144 Å². The van der Waals surface area contributed by atoms with Gasteiger partial charge in [-0.3, -0.25) is 9.48 Å². The molecule has 0 bridgehead atoms. The summed E-state index contributed by atoms with van der Waals surface area (Å²) < 4.78 is 38.7. The van der Waals surface area contributed by atoms with Gasteiger partial charge in [0.25, 0.3) is 0 Å². The van der Waals surface area contributed by atoms with E-state index in [0.717, 1.165) is 35.9 Å². The lowest BCUT2D eigenvalue weighted by atomic mass is 9.74. The minimum absolute atomic E-state index is 0.307. The molecule has 1 saturated carbocycles. The topological polar surface area (TPSA) is 70.7 Å². The van der Waals surface area contributed by atoms with Crippen molar-refractivity contribution in [2.75, 3.05) is 0 Å². The first-order chi connectivity index (χ1) is 11.8.